The Bertz CT molecular complexity index is 356. The average Bonchev–Trinajstić information content (AvgIpc) is 2.68. The van der Waals surface area contributed by atoms with Crippen molar-refractivity contribution in [2.24, 2.45) is 5.92 Å². The fourth-order valence-corrected chi connectivity index (χ4v) is 3.29. The van der Waals surface area contributed by atoms with Gasteiger partial charge in [-0.25, -0.2) is 0 Å². The third-order valence-corrected chi connectivity index (χ3v) is 4.49. The van der Waals surface area contributed by atoms with Crippen molar-refractivity contribution in [1.82, 2.24) is 0 Å². The second kappa shape index (κ2) is 7.04. The molecular weight excluding hydrogens is 244 g/mol. The van der Waals surface area contributed by atoms with E-state index in [9.17, 15) is 0 Å². The van der Waals surface area contributed by atoms with Crippen molar-refractivity contribution in [3.05, 3.63) is 29.8 Å². The van der Waals surface area contributed by atoms with Crippen molar-refractivity contribution in [2.45, 2.75) is 50.3 Å². The third kappa shape index (κ3) is 3.91. The van der Waals surface area contributed by atoms with Crippen LogP contribution in [0.4, 0.5) is 0 Å². The lowest BCUT2D eigenvalue weighted by Gasteiger charge is -2.20. The summed E-state index contributed by atoms with van der Waals surface area (Å²) < 4.78 is 5.26. The average molecular weight is 267 g/mol. The first-order valence-corrected chi connectivity index (χ1v) is 7.50. The van der Waals surface area contributed by atoms with Gasteiger partial charge in [0, 0.05) is 5.38 Å². The molecule has 0 radical (unpaired) electrons. The molecule has 1 atom stereocenters. The van der Waals surface area contributed by atoms with Crippen molar-refractivity contribution in [1.29, 1.82) is 0 Å². The van der Waals surface area contributed by atoms with Crippen LogP contribution < -0.4 is 4.74 Å². The van der Waals surface area contributed by atoms with E-state index >= 15 is 0 Å². The van der Waals surface area contributed by atoms with Crippen LogP contribution in [0.1, 0.15) is 44.1 Å². The van der Waals surface area contributed by atoms with Crippen LogP contribution >= 0.6 is 11.6 Å². The Morgan fingerprint density at radius 2 is 1.94 bits per heavy atom. The molecule has 1 fully saturated rings. The zero-order chi connectivity index (χ0) is 12.8. The number of methoxy groups -OCH3 is 1. The number of hydrogen-bond acceptors (Lipinski definition) is 1. The zero-order valence-electron chi connectivity index (χ0n) is 11.2. The Kier molecular flexibility index (Phi) is 5.37. The van der Waals surface area contributed by atoms with Crippen molar-refractivity contribution in [2.75, 3.05) is 7.11 Å². The highest BCUT2D eigenvalue weighted by atomic mass is 35.5. The second-order valence-corrected chi connectivity index (χ2v) is 5.88. The molecule has 2 rings (SSSR count). The first-order chi connectivity index (χ1) is 8.79. The van der Waals surface area contributed by atoms with Gasteiger partial charge >= 0.3 is 0 Å². The third-order valence-electron chi connectivity index (χ3n) is 3.98. The van der Waals surface area contributed by atoms with Gasteiger partial charge in [0.15, 0.2) is 0 Å². The van der Waals surface area contributed by atoms with Gasteiger partial charge in [-0.1, -0.05) is 37.8 Å². The number of ether oxygens (including phenoxy) is 1. The molecule has 1 aromatic carbocycles. The molecule has 2 heteroatoms. The lowest BCUT2D eigenvalue weighted by molar-refractivity contribution is 0.412. The summed E-state index contributed by atoms with van der Waals surface area (Å²) >= 11 is 6.62. The first kappa shape index (κ1) is 13.7. The maximum atomic E-state index is 6.62. The fourth-order valence-electron chi connectivity index (χ4n) is 2.86. The van der Waals surface area contributed by atoms with Crippen LogP contribution in [0.3, 0.4) is 0 Å². The van der Waals surface area contributed by atoms with E-state index in [2.05, 4.69) is 12.1 Å². The molecule has 0 saturated heterocycles. The molecule has 1 nitrogen and oxygen atoms in total. The minimum absolute atomic E-state index is 0.273. The summed E-state index contributed by atoms with van der Waals surface area (Å²) in [6.07, 6.45) is 9.05. The molecule has 0 aromatic heterocycles. The molecule has 0 N–H and O–H groups in total. The first-order valence-electron chi connectivity index (χ1n) is 7.06. The van der Waals surface area contributed by atoms with Crippen LogP contribution in [-0.2, 0) is 6.42 Å². The number of benzene rings is 1. The number of halogens is 1. The highest BCUT2D eigenvalue weighted by molar-refractivity contribution is 6.20. The lowest BCUT2D eigenvalue weighted by Crippen LogP contribution is -2.17. The number of hydrogen-bond donors (Lipinski definition) is 0. The monoisotopic (exact) mass is 266 g/mol. The molecule has 0 spiro atoms. The van der Waals surface area contributed by atoms with Gasteiger partial charge in [0.1, 0.15) is 5.75 Å². The topological polar surface area (TPSA) is 9.23 Å². The van der Waals surface area contributed by atoms with E-state index in [-0.39, 0.29) is 5.38 Å². The van der Waals surface area contributed by atoms with E-state index in [1.807, 2.05) is 12.1 Å². The van der Waals surface area contributed by atoms with E-state index < -0.39 is 0 Å². The predicted molar refractivity (Wildman–Crippen MR) is 77.5 cm³/mol. The largest absolute Gasteiger partial charge is 0.497 e. The van der Waals surface area contributed by atoms with Crippen LogP contribution in [-0.4, -0.2) is 12.5 Å². The van der Waals surface area contributed by atoms with Gasteiger partial charge in [0.25, 0.3) is 0 Å². The van der Waals surface area contributed by atoms with Crippen molar-refractivity contribution >= 4 is 11.6 Å². The molecule has 0 heterocycles. The van der Waals surface area contributed by atoms with E-state index in [1.54, 1.807) is 7.11 Å². The van der Waals surface area contributed by atoms with Crippen LogP contribution in [0.2, 0.25) is 0 Å². The minimum atomic E-state index is 0.273. The van der Waals surface area contributed by atoms with Crippen LogP contribution in [0, 0.1) is 5.92 Å². The molecule has 0 amide bonds. The quantitative estimate of drug-likeness (QED) is 0.561. The van der Waals surface area contributed by atoms with E-state index in [0.29, 0.717) is 5.92 Å². The molecule has 0 aliphatic heterocycles. The van der Waals surface area contributed by atoms with Gasteiger partial charge in [-0.2, -0.15) is 0 Å². The Labute approximate surface area is 115 Å². The number of alkyl halides is 1. The summed E-state index contributed by atoms with van der Waals surface area (Å²) in [6, 6.07) is 8.28. The summed E-state index contributed by atoms with van der Waals surface area (Å²) in [5, 5.41) is 0.273. The molecule has 1 unspecified atom stereocenters. The van der Waals surface area contributed by atoms with Crippen molar-refractivity contribution in [3.63, 3.8) is 0 Å². The molecule has 1 aromatic rings. The Morgan fingerprint density at radius 3 is 2.61 bits per heavy atom. The molecule has 1 aliphatic rings. The standard InChI is InChI=1S/C16H23ClO/c1-18-15-10-6-7-13(11-15)12-16(17)14-8-4-2-3-5-9-14/h6-7,10-11,14,16H,2-5,8-9,12H2,1H3. The van der Waals surface area contributed by atoms with Crippen LogP contribution in [0.15, 0.2) is 24.3 Å². The Morgan fingerprint density at radius 1 is 1.22 bits per heavy atom. The molecule has 1 aliphatic carbocycles. The summed E-state index contributed by atoms with van der Waals surface area (Å²) in [7, 11) is 1.71. The van der Waals surface area contributed by atoms with Crippen molar-refractivity contribution in [3.8, 4) is 5.75 Å². The smallest absolute Gasteiger partial charge is 0.119 e. The molecule has 1 saturated carbocycles. The van der Waals surface area contributed by atoms with E-state index in [1.165, 1.54) is 44.1 Å². The van der Waals surface area contributed by atoms with Gasteiger partial charge in [0.05, 0.1) is 7.11 Å². The van der Waals surface area contributed by atoms with Gasteiger partial charge in [-0.05, 0) is 42.9 Å². The maximum Gasteiger partial charge on any atom is 0.119 e. The van der Waals surface area contributed by atoms with Gasteiger partial charge in [-0.3, -0.25) is 0 Å². The van der Waals surface area contributed by atoms with Gasteiger partial charge in [0.2, 0.25) is 0 Å². The SMILES string of the molecule is COc1cccc(CC(Cl)C2CCCCCC2)c1. The highest BCUT2D eigenvalue weighted by Crippen LogP contribution is 2.30. The number of rotatable bonds is 4. The van der Waals surface area contributed by atoms with E-state index in [4.69, 9.17) is 16.3 Å². The van der Waals surface area contributed by atoms with Crippen molar-refractivity contribution < 1.29 is 4.74 Å². The van der Waals surface area contributed by atoms with Gasteiger partial charge in [-0.15, -0.1) is 11.6 Å². The predicted octanol–water partition coefficient (Wildman–Crippen LogP) is 4.82. The summed E-state index contributed by atoms with van der Waals surface area (Å²) in [4.78, 5) is 0. The van der Waals surface area contributed by atoms with Crippen LogP contribution in [0.5, 0.6) is 5.75 Å². The zero-order valence-corrected chi connectivity index (χ0v) is 12.0. The minimum Gasteiger partial charge on any atom is -0.497 e. The molecule has 0 bridgehead atoms. The van der Waals surface area contributed by atoms with Crippen LogP contribution in [0.25, 0.3) is 0 Å². The molecule has 18 heavy (non-hydrogen) atoms. The van der Waals surface area contributed by atoms with Gasteiger partial charge < -0.3 is 4.74 Å². The van der Waals surface area contributed by atoms with E-state index in [0.717, 1.165) is 12.2 Å². The summed E-state index contributed by atoms with van der Waals surface area (Å²) in [5.41, 5.74) is 1.29. The summed E-state index contributed by atoms with van der Waals surface area (Å²) in [5.74, 6) is 1.62. The maximum absolute atomic E-state index is 6.62. The normalized spacial score (nSPS) is 19.2. The fraction of sp³-hybridized carbons (Fsp3) is 0.625. The molecule has 100 valence electrons. The highest BCUT2D eigenvalue weighted by Gasteiger charge is 2.21. The summed E-state index contributed by atoms with van der Waals surface area (Å²) in [6.45, 7) is 0. The Balaban J connectivity index is 1.94. The molecular formula is C16H23ClO. The Hall–Kier alpha value is -0.690. The lowest BCUT2D eigenvalue weighted by atomic mass is 9.92. The second-order valence-electron chi connectivity index (χ2n) is 5.32.